The second-order valence-corrected chi connectivity index (χ2v) is 6.22. The topological polar surface area (TPSA) is 61.4 Å². The Labute approximate surface area is 117 Å². The molecule has 0 aromatic carbocycles. The summed E-state index contributed by atoms with van der Waals surface area (Å²) in [7, 11) is -3.25. The predicted octanol–water partition coefficient (Wildman–Crippen LogP) is 1.12. The van der Waals surface area contributed by atoms with Crippen LogP contribution in [0.15, 0.2) is 0 Å². The molecule has 18 heavy (non-hydrogen) atoms. The van der Waals surface area contributed by atoms with E-state index in [1.807, 2.05) is 0 Å². The molecule has 0 radical (unpaired) electrons. The van der Waals surface area contributed by atoms with Crippen LogP contribution in [-0.4, -0.2) is 45.4 Å². The van der Waals surface area contributed by atoms with Gasteiger partial charge in [0.25, 0.3) is 10.2 Å². The number of hydrogen-bond donors (Lipinski definition) is 2. The Kier molecular flexibility index (Phi) is 10.0. The zero-order chi connectivity index (χ0) is 12.6. The van der Waals surface area contributed by atoms with Gasteiger partial charge in [0.1, 0.15) is 0 Å². The lowest BCUT2D eigenvalue weighted by molar-refractivity contribution is 0.414. The summed E-state index contributed by atoms with van der Waals surface area (Å²) >= 11 is 0. The van der Waals surface area contributed by atoms with Crippen LogP contribution in [0.4, 0.5) is 0 Å². The van der Waals surface area contributed by atoms with Crippen LogP contribution >= 0.6 is 12.4 Å². The summed E-state index contributed by atoms with van der Waals surface area (Å²) in [5, 5.41) is 3.18. The van der Waals surface area contributed by atoms with E-state index < -0.39 is 10.2 Å². The van der Waals surface area contributed by atoms with Crippen molar-refractivity contribution in [3.8, 4) is 0 Å². The van der Waals surface area contributed by atoms with Crippen molar-refractivity contribution in [2.45, 2.75) is 39.0 Å². The van der Waals surface area contributed by atoms with Crippen molar-refractivity contribution in [2.75, 3.05) is 32.7 Å². The number of rotatable bonds is 7. The fourth-order valence-corrected chi connectivity index (χ4v) is 3.22. The smallest absolute Gasteiger partial charge is 0.279 e. The molecule has 1 heterocycles. The van der Waals surface area contributed by atoms with Crippen LogP contribution in [0.2, 0.25) is 0 Å². The highest BCUT2D eigenvalue weighted by atomic mass is 35.5. The van der Waals surface area contributed by atoms with E-state index in [4.69, 9.17) is 0 Å². The van der Waals surface area contributed by atoms with E-state index in [9.17, 15) is 8.42 Å². The van der Waals surface area contributed by atoms with Crippen LogP contribution in [0.5, 0.6) is 0 Å². The Hall–Kier alpha value is 0.120. The average molecular weight is 300 g/mol. The van der Waals surface area contributed by atoms with Gasteiger partial charge in [0.2, 0.25) is 0 Å². The van der Waals surface area contributed by atoms with E-state index in [1.165, 1.54) is 0 Å². The van der Waals surface area contributed by atoms with Crippen LogP contribution < -0.4 is 10.0 Å². The van der Waals surface area contributed by atoms with E-state index in [0.29, 0.717) is 26.2 Å². The first-order chi connectivity index (χ1) is 8.17. The van der Waals surface area contributed by atoms with Crippen molar-refractivity contribution < 1.29 is 8.42 Å². The van der Waals surface area contributed by atoms with Gasteiger partial charge in [-0.05, 0) is 25.8 Å². The van der Waals surface area contributed by atoms with Crippen molar-refractivity contribution in [3.05, 3.63) is 0 Å². The third-order valence-electron chi connectivity index (χ3n) is 2.92. The molecule has 1 aliphatic heterocycles. The first-order valence-corrected chi connectivity index (χ1v) is 8.06. The van der Waals surface area contributed by atoms with Gasteiger partial charge in [-0.15, -0.1) is 12.4 Å². The Morgan fingerprint density at radius 1 is 1.00 bits per heavy atom. The van der Waals surface area contributed by atoms with E-state index >= 15 is 0 Å². The summed E-state index contributed by atoms with van der Waals surface area (Å²) in [5.74, 6) is 0. The molecule has 0 aliphatic carbocycles. The highest BCUT2D eigenvalue weighted by Crippen LogP contribution is 2.11. The Morgan fingerprint density at radius 2 is 1.61 bits per heavy atom. The number of nitrogens with zero attached hydrogens (tertiary/aromatic N) is 1. The molecule has 5 nitrogen and oxygen atoms in total. The second-order valence-electron chi connectivity index (χ2n) is 4.46. The fourth-order valence-electron chi connectivity index (χ4n) is 1.94. The Bertz CT molecular complexity index is 291. The molecule has 1 saturated heterocycles. The Morgan fingerprint density at radius 3 is 2.17 bits per heavy atom. The van der Waals surface area contributed by atoms with Gasteiger partial charge < -0.3 is 5.32 Å². The third-order valence-corrected chi connectivity index (χ3v) is 4.53. The minimum absolute atomic E-state index is 0. The summed E-state index contributed by atoms with van der Waals surface area (Å²) in [6.07, 6.45) is 5.32. The molecule has 0 unspecified atom stereocenters. The van der Waals surface area contributed by atoms with Crippen LogP contribution in [0.25, 0.3) is 0 Å². The number of nitrogens with one attached hydrogen (secondary N) is 2. The predicted molar refractivity (Wildman–Crippen MR) is 77.4 cm³/mol. The minimum Gasteiger partial charge on any atom is -0.315 e. The van der Waals surface area contributed by atoms with Gasteiger partial charge in [-0.2, -0.15) is 12.7 Å². The lowest BCUT2D eigenvalue weighted by Crippen LogP contribution is -2.43. The molecular weight excluding hydrogens is 274 g/mol. The summed E-state index contributed by atoms with van der Waals surface area (Å²) in [6.45, 7) is 5.52. The molecule has 110 valence electrons. The first-order valence-electron chi connectivity index (χ1n) is 6.62. The van der Waals surface area contributed by atoms with Crippen LogP contribution in [0.1, 0.15) is 39.0 Å². The van der Waals surface area contributed by atoms with Gasteiger partial charge >= 0.3 is 0 Å². The van der Waals surface area contributed by atoms with Gasteiger partial charge in [-0.1, -0.05) is 19.8 Å². The standard InChI is InChI=1S/C11H25N3O2S.ClH/c1-2-7-12-8-9-13-17(15,16)14-10-5-3-4-6-11-14;/h12-13H,2-11H2,1H3;1H. The third kappa shape index (κ3) is 6.89. The van der Waals surface area contributed by atoms with E-state index in [0.717, 1.165) is 38.6 Å². The SMILES string of the molecule is CCCNCCNS(=O)(=O)N1CCCCCC1.Cl. The molecule has 0 aromatic heterocycles. The van der Waals surface area contributed by atoms with Gasteiger partial charge in [0.05, 0.1) is 0 Å². The van der Waals surface area contributed by atoms with Gasteiger partial charge in [0, 0.05) is 26.2 Å². The molecule has 0 saturated carbocycles. The summed E-state index contributed by atoms with van der Waals surface area (Å²) in [6, 6.07) is 0. The molecule has 0 amide bonds. The lowest BCUT2D eigenvalue weighted by atomic mass is 10.2. The van der Waals surface area contributed by atoms with E-state index in [2.05, 4.69) is 17.0 Å². The monoisotopic (exact) mass is 299 g/mol. The largest absolute Gasteiger partial charge is 0.315 e. The quantitative estimate of drug-likeness (QED) is 0.693. The molecule has 1 aliphatic rings. The zero-order valence-corrected chi connectivity index (χ0v) is 12.8. The maximum absolute atomic E-state index is 12.0. The van der Waals surface area contributed by atoms with Crippen molar-refractivity contribution >= 4 is 22.6 Å². The summed E-state index contributed by atoms with van der Waals surface area (Å²) in [5.41, 5.74) is 0. The molecular formula is C11H26ClN3O2S. The number of hydrogen-bond acceptors (Lipinski definition) is 3. The van der Waals surface area contributed by atoms with Gasteiger partial charge in [-0.25, -0.2) is 4.72 Å². The van der Waals surface area contributed by atoms with Crippen molar-refractivity contribution in [3.63, 3.8) is 0 Å². The second kappa shape index (κ2) is 9.97. The van der Waals surface area contributed by atoms with Crippen molar-refractivity contribution in [1.82, 2.24) is 14.3 Å². The molecule has 1 fully saturated rings. The van der Waals surface area contributed by atoms with Crippen LogP contribution in [-0.2, 0) is 10.2 Å². The lowest BCUT2D eigenvalue weighted by Gasteiger charge is -2.20. The number of halogens is 1. The first kappa shape index (κ1) is 18.1. The highest BCUT2D eigenvalue weighted by molar-refractivity contribution is 7.87. The van der Waals surface area contributed by atoms with Crippen molar-refractivity contribution in [1.29, 1.82) is 0 Å². The molecule has 0 bridgehead atoms. The van der Waals surface area contributed by atoms with Crippen LogP contribution in [0, 0.1) is 0 Å². The molecule has 2 N–H and O–H groups in total. The molecule has 0 spiro atoms. The highest BCUT2D eigenvalue weighted by Gasteiger charge is 2.21. The molecule has 0 atom stereocenters. The van der Waals surface area contributed by atoms with Crippen LogP contribution in [0.3, 0.4) is 0 Å². The zero-order valence-electron chi connectivity index (χ0n) is 11.2. The maximum Gasteiger partial charge on any atom is 0.279 e. The molecule has 0 aromatic rings. The fraction of sp³-hybridized carbons (Fsp3) is 1.00. The molecule has 7 heteroatoms. The average Bonchev–Trinajstić information content (AvgIpc) is 2.57. The van der Waals surface area contributed by atoms with E-state index in [1.54, 1.807) is 4.31 Å². The van der Waals surface area contributed by atoms with Crippen molar-refractivity contribution in [2.24, 2.45) is 0 Å². The Balaban J connectivity index is 0.00000289. The maximum atomic E-state index is 12.0. The van der Waals surface area contributed by atoms with Gasteiger partial charge in [-0.3, -0.25) is 0 Å². The normalized spacial score (nSPS) is 18.1. The summed E-state index contributed by atoms with van der Waals surface area (Å²) in [4.78, 5) is 0. The van der Waals surface area contributed by atoms with Gasteiger partial charge in [0.15, 0.2) is 0 Å². The summed E-state index contributed by atoms with van der Waals surface area (Å²) < 4.78 is 28.2. The minimum atomic E-state index is -3.25. The van der Waals surface area contributed by atoms with E-state index in [-0.39, 0.29) is 12.4 Å². The molecule has 1 rings (SSSR count).